The first-order chi connectivity index (χ1) is 9.97. The Labute approximate surface area is 138 Å². The topological polar surface area (TPSA) is 55.4 Å². The Bertz CT molecular complexity index is 478. The standard InChI is InChI=1S/C15H20BrNO3S/c1-4-10(2)14(15(19)20-3)17-13(18)9-21-12-7-5-11(16)6-8-12/h5-8,10,14H,4,9H2,1-3H3,(H,17,18)/t10-,14-/m0/s1. The zero-order valence-corrected chi connectivity index (χ0v) is 14.8. The fourth-order valence-corrected chi connectivity index (χ4v) is 2.66. The van der Waals surface area contributed by atoms with E-state index in [4.69, 9.17) is 4.74 Å². The predicted molar refractivity (Wildman–Crippen MR) is 88.3 cm³/mol. The van der Waals surface area contributed by atoms with Gasteiger partial charge in [0.15, 0.2) is 0 Å². The van der Waals surface area contributed by atoms with Gasteiger partial charge in [-0.3, -0.25) is 4.79 Å². The van der Waals surface area contributed by atoms with Crippen molar-refractivity contribution in [1.29, 1.82) is 0 Å². The van der Waals surface area contributed by atoms with Crippen LogP contribution in [0.2, 0.25) is 0 Å². The van der Waals surface area contributed by atoms with Crippen molar-refractivity contribution < 1.29 is 14.3 Å². The van der Waals surface area contributed by atoms with Gasteiger partial charge < -0.3 is 10.1 Å². The van der Waals surface area contributed by atoms with Crippen molar-refractivity contribution in [2.75, 3.05) is 12.9 Å². The number of carbonyl (C=O) groups is 2. The van der Waals surface area contributed by atoms with Crippen molar-refractivity contribution in [3.8, 4) is 0 Å². The summed E-state index contributed by atoms with van der Waals surface area (Å²) in [5.41, 5.74) is 0. The lowest BCUT2D eigenvalue weighted by Crippen LogP contribution is -2.46. The van der Waals surface area contributed by atoms with Crippen LogP contribution in [-0.2, 0) is 14.3 Å². The lowest BCUT2D eigenvalue weighted by molar-refractivity contribution is -0.146. The summed E-state index contributed by atoms with van der Waals surface area (Å²) in [5.74, 6) is -0.255. The molecule has 4 nitrogen and oxygen atoms in total. The lowest BCUT2D eigenvalue weighted by Gasteiger charge is -2.21. The van der Waals surface area contributed by atoms with Gasteiger partial charge in [-0.1, -0.05) is 36.2 Å². The van der Waals surface area contributed by atoms with Crippen LogP contribution in [0.4, 0.5) is 0 Å². The SMILES string of the molecule is CC[C@H](C)[C@H](NC(=O)CSc1ccc(Br)cc1)C(=O)OC. The van der Waals surface area contributed by atoms with E-state index in [1.54, 1.807) is 0 Å². The minimum atomic E-state index is -0.585. The number of carbonyl (C=O) groups excluding carboxylic acids is 2. The van der Waals surface area contributed by atoms with Gasteiger partial charge in [-0.25, -0.2) is 4.79 Å². The minimum absolute atomic E-state index is 0.0408. The summed E-state index contributed by atoms with van der Waals surface area (Å²) in [6.07, 6.45) is 0.792. The number of hydrogen-bond acceptors (Lipinski definition) is 4. The molecule has 0 radical (unpaired) electrons. The van der Waals surface area contributed by atoms with Gasteiger partial charge in [0.05, 0.1) is 12.9 Å². The Morgan fingerprint density at radius 3 is 2.48 bits per heavy atom. The Morgan fingerprint density at radius 2 is 1.95 bits per heavy atom. The number of esters is 1. The number of amides is 1. The molecule has 1 N–H and O–H groups in total. The smallest absolute Gasteiger partial charge is 0.328 e. The number of benzene rings is 1. The van der Waals surface area contributed by atoms with Crippen LogP contribution in [0.1, 0.15) is 20.3 Å². The molecule has 0 aliphatic rings. The summed E-state index contributed by atoms with van der Waals surface area (Å²) < 4.78 is 5.75. The second-order valence-electron chi connectivity index (χ2n) is 4.70. The number of nitrogens with one attached hydrogen (secondary N) is 1. The Balaban J connectivity index is 2.53. The molecule has 0 aliphatic heterocycles. The molecule has 0 saturated carbocycles. The van der Waals surface area contributed by atoms with Crippen molar-refractivity contribution >= 4 is 39.6 Å². The van der Waals surface area contributed by atoms with Gasteiger partial charge in [-0.05, 0) is 30.2 Å². The highest BCUT2D eigenvalue weighted by atomic mass is 79.9. The maximum atomic E-state index is 12.0. The highest BCUT2D eigenvalue weighted by Gasteiger charge is 2.26. The minimum Gasteiger partial charge on any atom is -0.467 e. The molecule has 116 valence electrons. The Hall–Kier alpha value is -1.01. The van der Waals surface area contributed by atoms with Gasteiger partial charge in [0.25, 0.3) is 0 Å². The monoisotopic (exact) mass is 373 g/mol. The molecule has 0 aliphatic carbocycles. The third-order valence-electron chi connectivity index (χ3n) is 3.17. The van der Waals surface area contributed by atoms with Gasteiger partial charge >= 0.3 is 5.97 Å². The van der Waals surface area contributed by atoms with Crippen molar-refractivity contribution in [3.05, 3.63) is 28.7 Å². The van der Waals surface area contributed by atoms with Crippen molar-refractivity contribution in [2.24, 2.45) is 5.92 Å². The van der Waals surface area contributed by atoms with Crippen LogP contribution in [0, 0.1) is 5.92 Å². The van der Waals surface area contributed by atoms with E-state index in [0.29, 0.717) is 0 Å². The van der Waals surface area contributed by atoms with Gasteiger partial charge in [-0.15, -0.1) is 11.8 Å². The molecule has 21 heavy (non-hydrogen) atoms. The number of hydrogen-bond donors (Lipinski definition) is 1. The normalized spacial score (nSPS) is 13.3. The molecule has 6 heteroatoms. The summed E-state index contributed by atoms with van der Waals surface area (Å²) in [5, 5.41) is 2.76. The molecular formula is C15H20BrNO3S. The molecule has 0 aromatic heterocycles. The first-order valence-electron chi connectivity index (χ1n) is 6.73. The third kappa shape index (κ3) is 6.09. The quantitative estimate of drug-likeness (QED) is 0.588. The predicted octanol–water partition coefficient (Wildman–Crippen LogP) is 3.25. The van der Waals surface area contributed by atoms with Crippen LogP contribution < -0.4 is 5.32 Å². The second-order valence-corrected chi connectivity index (χ2v) is 6.66. The highest BCUT2D eigenvalue weighted by Crippen LogP contribution is 2.20. The molecule has 2 atom stereocenters. The Morgan fingerprint density at radius 1 is 1.33 bits per heavy atom. The van der Waals surface area contributed by atoms with E-state index >= 15 is 0 Å². The van der Waals surface area contributed by atoms with Crippen LogP contribution in [0.5, 0.6) is 0 Å². The number of methoxy groups -OCH3 is 1. The molecule has 0 fully saturated rings. The first kappa shape index (κ1) is 18.0. The number of rotatable bonds is 7. The lowest BCUT2D eigenvalue weighted by atomic mass is 9.99. The summed E-state index contributed by atoms with van der Waals surface area (Å²) in [6, 6.07) is 7.15. The van der Waals surface area contributed by atoms with E-state index in [1.165, 1.54) is 18.9 Å². The molecule has 0 heterocycles. The molecule has 0 unspecified atom stereocenters. The fourth-order valence-electron chi connectivity index (χ4n) is 1.69. The first-order valence-corrected chi connectivity index (χ1v) is 8.51. The third-order valence-corrected chi connectivity index (χ3v) is 4.71. The molecular weight excluding hydrogens is 354 g/mol. The van der Waals surface area contributed by atoms with Gasteiger partial charge in [0, 0.05) is 9.37 Å². The zero-order chi connectivity index (χ0) is 15.8. The van der Waals surface area contributed by atoms with E-state index in [1.807, 2.05) is 38.1 Å². The van der Waals surface area contributed by atoms with Crippen molar-refractivity contribution in [1.82, 2.24) is 5.32 Å². The molecule has 1 amide bonds. The Kier molecular flexibility index (Phi) is 7.82. The van der Waals surface area contributed by atoms with E-state index in [0.717, 1.165) is 15.8 Å². The molecule has 1 aromatic rings. The van der Waals surface area contributed by atoms with E-state index < -0.39 is 12.0 Å². The summed E-state index contributed by atoms with van der Waals surface area (Å²) in [4.78, 5) is 24.7. The number of thioether (sulfide) groups is 1. The molecule has 1 rings (SSSR count). The van der Waals surface area contributed by atoms with Gasteiger partial charge in [-0.2, -0.15) is 0 Å². The van der Waals surface area contributed by atoms with Crippen LogP contribution in [-0.4, -0.2) is 30.8 Å². The van der Waals surface area contributed by atoms with Crippen molar-refractivity contribution in [3.63, 3.8) is 0 Å². The van der Waals surface area contributed by atoms with Crippen molar-refractivity contribution in [2.45, 2.75) is 31.2 Å². The van der Waals surface area contributed by atoms with E-state index in [9.17, 15) is 9.59 Å². The number of halogens is 1. The summed E-state index contributed by atoms with van der Waals surface area (Å²) >= 11 is 4.80. The van der Waals surface area contributed by atoms with Crippen LogP contribution in [0.15, 0.2) is 33.6 Å². The summed E-state index contributed by atoms with van der Waals surface area (Å²) in [6.45, 7) is 3.90. The fraction of sp³-hybridized carbons (Fsp3) is 0.467. The van der Waals surface area contributed by atoms with Crippen LogP contribution >= 0.6 is 27.7 Å². The van der Waals surface area contributed by atoms with Crippen LogP contribution in [0.3, 0.4) is 0 Å². The molecule has 0 spiro atoms. The van der Waals surface area contributed by atoms with E-state index in [-0.39, 0.29) is 17.6 Å². The average molecular weight is 374 g/mol. The zero-order valence-electron chi connectivity index (χ0n) is 12.4. The molecule has 0 saturated heterocycles. The average Bonchev–Trinajstić information content (AvgIpc) is 2.50. The van der Waals surface area contributed by atoms with Gasteiger partial charge in [0.1, 0.15) is 6.04 Å². The van der Waals surface area contributed by atoms with Crippen LogP contribution in [0.25, 0.3) is 0 Å². The molecule has 1 aromatic carbocycles. The number of ether oxygens (including phenoxy) is 1. The molecule has 0 bridgehead atoms. The van der Waals surface area contributed by atoms with E-state index in [2.05, 4.69) is 21.2 Å². The summed E-state index contributed by atoms with van der Waals surface area (Å²) in [7, 11) is 1.33. The maximum absolute atomic E-state index is 12.0. The maximum Gasteiger partial charge on any atom is 0.328 e. The second kappa shape index (κ2) is 9.10. The largest absolute Gasteiger partial charge is 0.467 e. The van der Waals surface area contributed by atoms with Gasteiger partial charge in [0.2, 0.25) is 5.91 Å². The highest BCUT2D eigenvalue weighted by molar-refractivity contribution is 9.10.